The first kappa shape index (κ1) is 16.2. The van der Waals surface area contributed by atoms with E-state index in [0.717, 1.165) is 19.3 Å². The fourth-order valence-corrected chi connectivity index (χ4v) is 2.83. The van der Waals surface area contributed by atoms with Crippen LogP contribution in [0.5, 0.6) is 0 Å². The van der Waals surface area contributed by atoms with Crippen LogP contribution in [0.2, 0.25) is 0 Å². The number of aliphatic hydroxyl groups is 1. The van der Waals surface area contributed by atoms with Crippen molar-refractivity contribution in [1.82, 2.24) is 5.32 Å². The number of nitro benzene ring substituents is 1. The number of nitro groups is 1. The van der Waals surface area contributed by atoms with Gasteiger partial charge in [-0.25, -0.2) is 0 Å². The van der Waals surface area contributed by atoms with Gasteiger partial charge in [0, 0.05) is 31.8 Å². The van der Waals surface area contributed by atoms with E-state index in [0.29, 0.717) is 18.7 Å². The molecule has 0 bridgehead atoms. The van der Waals surface area contributed by atoms with Crippen LogP contribution in [0, 0.1) is 15.5 Å². The van der Waals surface area contributed by atoms with Gasteiger partial charge >= 0.3 is 0 Å². The van der Waals surface area contributed by atoms with Crippen molar-refractivity contribution in [3.8, 4) is 0 Å². The quantitative estimate of drug-likeness (QED) is 0.527. The zero-order chi connectivity index (χ0) is 16.2. The third-order valence-electron chi connectivity index (χ3n) is 4.39. The summed E-state index contributed by atoms with van der Waals surface area (Å²) in [5, 5.41) is 25.9. The summed E-state index contributed by atoms with van der Waals surface area (Å²) in [6.45, 7) is 0.715. The number of anilines is 1. The van der Waals surface area contributed by atoms with E-state index in [1.165, 1.54) is 13.1 Å². The topological polar surface area (TPSA) is 104 Å². The van der Waals surface area contributed by atoms with E-state index in [2.05, 4.69) is 10.6 Å². The highest BCUT2D eigenvalue weighted by atomic mass is 16.6. The summed E-state index contributed by atoms with van der Waals surface area (Å²) in [7, 11) is 1.48. The van der Waals surface area contributed by atoms with Crippen LogP contribution in [0.1, 0.15) is 36.0 Å². The Kier molecular flexibility index (Phi) is 4.97. The Hall–Kier alpha value is -2.15. The van der Waals surface area contributed by atoms with Crippen LogP contribution in [-0.2, 0) is 0 Å². The van der Waals surface area contributed by atoms with Crippen molar-refractivity contribution in [2.75, 3.05) is 25.5 Å². The molecule has 0 atom stereocenters. The van der Waals surface area contributed by atoms with Gasteiger partial charge in [-0.3, -0.25) is 14.9 Å². The van der Waals surface area contributed by atoms with E-state index < -0.39 is 4.92 Å². The molecule has 0 spiro atoms. The number of carbonyl (C=O) groups is 1. The first-order valence-electron chi connectivity index (χ1n) is 7.36. The maximum atomic E-state index is 11.6. The molecule has 1 amide bonds. The van der Waals surface area contributed by atoms with Gasteiger partial charge in [0.2, 0.25) is 0 Å². The summed E-state index contributed by atoms with van der Waals surface area (Å²) in [4.78, 5) is 22.3. The molecule has 1 aromatic carbocycles. The number of nitrogens with zero attached hydrogens (tertiary/aromatic N) is 1. The monoisotopic (exact) mass is 307 g/mol. The van der Waals surface area contributed by atoms with Crippen LogP contribution in [-0.4, -0.2) is 36.1 Å². The summed E-state index contributed by atoms with van der Waals surface area (Å²) < 4.78 is 0. The van der Waals surface area contributed by atoms with E-state index in [1.54, 1.807) is 12.1 Å². The fourth-order valence-electron chi connectivity index (χ4n) is 2.83. The minimum Gasteiger partial charge on any atom is -0.396 e. The van der Waals surface area contributed by atoms with Crippen molar-refractivity contribution in [3.63, 3.8) is 0 Å². The van der Waals surface area contributed by atoms with Crippen LogP contribution in [0.25, 0.3) is 0 Å². The maximum absolute atomic E-state index is 11.6. The van der Waals surface area contributed by atoms with Crippen LogP contribution < -0.4 is 10.6 Å². The molecule has 1 saturated carbocycles. The Balaban J connectivity index is 2.16. The second-order valence-corrected chi connectivity index (χ2v) is 5.75. The van der Waals surface area contributed by atoms with Crippen molar-refractivity contribution >= 4 is 17.3 Å². The van der Waals surface area contributed by atoms with E-state index in [1.807, 2.05) is 0 Å². The lowest BCUT2D eigenvalue weighted by Crippen LogP contribution is -2.37. The molecule has 7 nitrogen and oxygen atoms in total. The molecule has 120 valence electrons. The van der Waals surface area contributed by atoms with E-state index >= 15 is 0 Å². The van der Waals surface area contributed by atoms with Crippen LogP contribution >= 0.6 is 0 Å². The van der Waals surface area contributed by atoms with E-state index in [9.17, 15) is 14.9 Å². The minimum atomic E-state index is -0.492. The lowest BCUT2D eigenvalue weighted by molar-refractivity contribution is -0.384. The Morgan fingerprint density at radius 3 is 2.68 bits per heavy atom. The number of hydrogen-bond acceptors (Lipinski definition) is 5. The predicted molar refractivity (Wildman–Crippen MR) is 83.0 cm³/mol. The predicted octanol–water partition coefficient (Wildman–Crippen LogP) is 1.92. The molecular weight excluding hydrogens is 286 g/mol. The van der Waals surface area contributed by atoms with Gasteiger partial charge in [-0.15, -0.1) is 0 Å². The normalized spacial score (nSPS) is 15.7. The third-order valence-corrected chi connectivity index (χ3v) is 4.39. The van der Waals surface area contributed by atoms with Gasteiger partial charge in [0.25, 0.3) is 11.6 Å². The summed E-state index contributed by atoms with van der Waals surface area (Å²) in [6, 6.07) is 4.41. The Bertz CT molecular complexity index is 570. The Labute approximate surface area is 128 Å². The standard InChI is InChI=1S/C15H21N3O4/c1-16-14(20)11-3-4-12(13(9-11)18(21)22)17-10-15(7-8-19)5-2-6-15/h3-4,9,17,19H,2,5-8,10H2,1H3,(H,16,20). The molecule has 2 rings (SSSR count). The molecule has 1 aromatic rings. The molecule has 0 aromatic heterocycles. The number of aliphatic hydroxyl groups excluding tert-OH is 1. The largest absolute Gasteiger partial charge is 0.396 e. The smallest absolute Gasteiger partial charge is 0.293 e. The second-order valence-electron chi connectivity index (χ2n) is 5.75. The zero-order valence-corrected chi connectivity index (χ0v) is 12.6. The average Bonchev–Trinajstić information content (AvgIpc) is 2.48. The average molecular weight is 307 g/mol. The Morgan fingerprint density at radius 2 is 2.18 bits per heavy atom. The summed E-state index contributed by atoms with van der Waals surface area (Å²) >= 11 is 0. The van der Waals surface area contributed by atoms with Crippen molar-refractivity contribution in [2.24, 2.45) is 5.41 Å². The first-order valence-corrected chi connectivity index (χ1v) is 7.36. The highest BCUT2D eigenvalue weighted by molar-refractivity contribution is 5.95. The van der Waals surface area contributed by atoms with Gasteiger partial charge in [0.1, 0.15) is 5.69 Å². The fraction of sp³-hybridized carbons (Fsp3) is 0.533. The highest BCUT2D eigenvalue weighted by Gasteiger charge is 2.36. The van der Waals surface area contributed by atoms with Crippen LogP contribution in [0.3, 0.4) is 0 Å². The molecule has 0 saturated heterocycles. The van der Waals surface area contributed by atoms with E-state index in [-0.39, 0.29) is 29.2 Å². The number of carbonyl (C=O) groups excluding carboxylic acids is 1. The summed E-state index contributed by atoms with van der Waals surface area (Å²) in [5.74, 6) is -0.356. The number of benzene rings is 1. The third kappa shape index (κ3) is 3.36. The molecule has 0 unspecified atom stereocenters. The van der Waals surface area contributed by atoms with Gasteiger partial charge < -0.3 is 15.7 Å². The van der Waals surface area contributed by atoms with Crippen LogP contribution in [0.15, 0.2) is 18.2 Å². The molecule has 7 heteroatoms. The van der Waals surface area contributed by atoms with E-state index in [4.69, 9.17) is 5.11 Å². The molecule has 22 heavy (non-hydrogen) atoms. The molecule has 3 N–H and O–H groups in total. The summed E-state index contributed by atoms with van der Waals surface area (Å²) in [5.41, 5.74) is 0.581. The second kappa shape index (κ2) is 6.74. The van der Waals surface area contributed by atoms with Crippen molar-refractivity contribution < 1.29 is 14.8 Å². The molecule has 1 fully saturated rings. The molecule has 0 heterocycles. The van der Waals surface area contributed by atoms with Gasteiger partial charge in [-0.1, -0.05) is 6.42 Å². The molecule has 0 aliphatic heterocycles. The molecular formula is C15H21N3O4. The van der Waals surface area contributed by atoms with Gasteiger partial charge in [0.15, 0.2) is 0 Å². The summed E-state index contributed by atoms with van der Waals surface area (Å²) in [6.07, 6.45) is 3.86. The van der Waals surface area contributed by atoms with Crippen molar-refractivity contribution in [1.29, 1.82) is 0 Å². The Morgan fingerprint density at radius 1 is 1.45 bits per heavy atom. The van der Waals surface area contributed by atoms with Gasteiger partial charge in [-0.2, -0.15) is 0 Å². The van der Waals surface area contributed by atoms with Crippen LogP contribution in [0.4, 0.5) is 11.4 Å². The SMILES string of the molecule is CNC(=O)c1ccc(NCC2(CCO)CCC2)c([N+](=O)[O-])c1. The highest BCUT2D eigenvalue weighted by Crippen LogP contribution is 2.44. The number of rotatable bonds is 7. The number of nitrogens with one attached hydrogen (secondary N) is 2. The maximum Gasteiger partial charge on any atom is 0.293 e. The van der Waals surface area contributed by atoms with Crippen molar-refractivity contribution in [3.05, 3.63) is 33.9 Å². The number of hydrogen-bond donors (Lipinski definition) is 3. The lowest BCUT2D eigenvalue weighted by Gasteiger charge is -2.42. The zero-order valence-electron chi connectivity index (χ0n) is 12.6. The van der Waals surface area contributed by atoms with Gasteiger partial charge in [0.05, 0.1) is 4.92 Å². The van der Waals surface area contributed by atoms with Gasteiger partial charge in [-0.05, 0) is 36.8 Å². The molecule has 1 aliphatic rings. The molecule has 0 radical (unpaired) electrons. The lowest BCUT2D eigenvalue weighted by atomic mass is 9.67. The molecule has 1 aliphatic carbocycles. The number of amides is 1. The van der Waals surface area contributed by atoms with Crippen molar-refractivity contribution in [2.45, 2.75) is 25.7 Å². The minimum absolute atomic E-state index is 0.0298. The first-order chi connectivity index (χ1) is 10.5.